The maximum atomic E-state index is 12.4. The molecule has 8 nitrogen and oxygen atoms in total. The number of nitrogens with one attached hydrogen (secondary N) is 1. The molecule has 2 aromatic heterocycles. The summed E-state index contributed by atoms with van der Waals surface area (Å²) in [5.74, 6) is 0.628. The van der Waals surface area contributed by atoms with Crippen molar-refractivity contribution in [3.8, 4) is 0 Å². The minimum Gasteiger partial charge on any atom is -0.378 e. The van der Waals surface area contributed by atoms with Gasteiger partial charge < -0.3 is 15.0 Å². The van der Waals surface area contributed by atoms with Crippen molar-refractivity contribution in [3.05, 3.63) is 36.5 Å². The van der Waals surface area contributed by atoms with Crippen molar-refractivity contribution in [2.24, 2.45) is 0 Å². The van der Waals surface area contributed by atoms with Crippen LogP contribution in [0.2, 0.25) is 0 Å². The minimum atomic E-state index is -0.0989. The van der Waals surface area contributed by atoms with E-state index in [-0.39, 0.29) is 5.91 Å². The van der Waals surface area contributed by atoms with E-state index in [0.29, 0.717) is 25.3 Å². The topological polar surface area (TPSA) is 85.2 Å². The van der Waals surface area contributed by atoms with Crippen LogP contribution < -0.4 is 10.2 Å². The van der Waals surface area contributed by atoms with Gasteiger partial charge in [-0.3, -0.25) is 9.48 Å². The van der Waals surface area contributed by atoms with Crippen molar-refractivity contribution in [3.63, 3.8) is 0 Å². The second-order valence-corrected chi connectivity index (χ2v) is 5.24. The lowest BCUT2D eigenvalue weighted by molar-refractivity contribution is 0.0950. The number of carbonyl (C=O) groups excluding carboxylic acids is 1. The number of morpholine rings is 1. The molecule has 3 rings (SSSR count). The maximum absolute atomic E-state index is 12.4. The zero-order chi connectivity index (χ0) is 15.9. The van der Waals surface area contributed by atoms with Crippen LogP contribution in [0.4, 0.5) is 5.82 Å². The molecule has 0 radical (unpaired) electrons. The second-order valence-electron chi connectivity index (χ2n) is 5.24. The number of rotatable bonds is 6. The van der Waals surface area contributed by atoms with Crippen molar-refractivity contribution < 1.29 is 9.53 Å². The first-order chi connectivity index (χ1) is 11.3. The minimum absolute atomic E-state index is 0.0989. The van der Waals surface area contributed by atoms with Crippen LogP contribution in [0.5, 0.6) is 0 Å². The number of aryl methyl sites for hydroxylation is 1. The van der Waals surface area contributed by atoms with E-state index in [4.69, 9.17) is 4.74 Å². The molecular formula is C15H20N6O2. The highest BCUT2D eigenvalue weighted by molar-refractivity contribution is 5.98. The SMILES string of the molecule is O=C(NCCCn1cncn1)c1cccnc1N1CCOCC1. The van der Waals surface area contributed by atoms with Crippen LogP contribution >= 0.6 is 0 Å². The van der Waals surface area contributed by atoms with Gasteiger partial charge in [-0.2, -0.15) is 5.10 Å². The van der Waals surface area contributed by atoms with E-state index in [0.717, 1.165) is 31.9 Å². The average molecular weight is 316 g/mol. The lowest BCUT2D eigenvalue weighted by Crippen LogP contribution is -2.38. The Hall–Kier alpha value is -2.48. The van der Waals surface area contributed by atoms with Crippen molar-refractivity contribution in [1.82, 2.24) is 25.1 Å². The summed E-state index contributed by atoms with van der Waals surface area (Å²) in [4.78, 5) is 22.8. The van der Waals surface area contributed by atoms with Crippen LogP contribution in [-0.2, 0) is 11.3 Å². The number of hydrogen-bond donors (Lipinski definition) is 1. The van der Waals surface area contributed by atoms with Gasteiger partial charge in [-0.15, -0.1) is 0 Å². The van der Waals surface area contributed by atoms with E-state index in [1.165, 1.54) is 6.33 Å². The number of pyridine rings is 1. The van der Waals surface area contributed by atoms with Gasteiger partial charge in [-0.1, -0.05) is 0 Å². The molecule has 122 valence electrons. The number of amides is 1. The Labute approximate surface area is 134 Å². The fraction of sp³-hybridized carbons (Fsp3) is 0.467. The van der Waals surface area contributed by atoms with Crippen LogP contribution in [0.1, 0.15) is 16.8 Å². The molecule has 2 aromatic rings. The van der Waals surface area contributed by atoms with Gasteiger partial charge in [0.05, 0.1) is 18.8 Å². The molecule has 1 aliphatic rings. The molecule has 23 heavy (non-hydrogen) atoms. The van der Waals surface area contributed by atoms with Gasteiger partial charge in [0.2, 0.25) is 0 Å². The number of ether oxygens (including phenoxy) is 1. The summed E-state index contributed by atoms with van der Waals surface area (Å²) in [7, 11) is 0. The standard InChI is InChI=1S/C15H20N6O2/c22-15(18-5-2-6-21-12-16-11-19-21)13-3-1-4-17-14(13)20-7-9-23-10-8-20/h1,3-4,11-12H,2,5-10H2,(H,18,22). The number of anilines is 1. The first-order valence-corrected chi connectivity index (χ1v) is 7.73. The number of carbonyl (C=O) groups is 1. The summed E-state index contributed by atoms with van der Waals surface area (Å²) in [5, 5.41) is 6.97. The molecule has 0 saturated carbocycles. The predicted octanol–water partition coefficient (Wildman–Crippen LogP) is 0.330. The van der Waals surface area contributed by atoms with E-state index >= 15 is 0 Å². The molecule has 1 amide bonds. The van der Waals surface area contributed by atoms with E-state index in [9.17, 15) is 4.79 Å². The third-order valence-electron chi connectivity index (χ3n) is 3.66. The van der Waals surface area contributed by atoms with Gasteiger partial charge in [-0.05, 0) is 18.6 Å². The zero-order valence-corrected chi connectivity index (χ0v) is 12.9. The molecule has 0 bridgehead atoms. The number of aromatic nitrogens is 4. The first kappa shape index (κ1) is 15.4. The average Bonchev–Trinajstić information content (AvgIpc) is 3.13. The van der Waals surface area contributed by atoms with Crippen molar-refractivity contribution in [2.45, 2.75) is 13.0 Å². The fourth-order valence-corrected chi connectivity index (χ4v) is 2.49. The van der Waals surface area contributed by atoms with E-state index in [1.807, 2.05) is 6.07 Å². The molecule has 1 aliphatic heterocycles. The molecule has 3 heterocycles. The Bertz CT molecular complexity index is 625. The summed E-state index contributed by atoms with van der Waals surface area (Å²) in [6.45, 7) is 4.14. The molecule has 0 aliphatic carbocycles. The zero-order valence-electron chi connectivity index (χ0n) is 12.9. The van der Waals surface area contributed by atoms with Gasteiger partial charge >= 0.3 is 0 Å². The summed E-state index contributed by atoms with van der Waals surface area (Å²) >= 11 is 0. The highest BCUT2D eigenvalue weighted by Gasteiger charge is 2.19. The maximum Gasteiger partial charge on any atom is 0.255 e. The number of hydrogen-bond acceptors (Lipinski definition) is 6. The largest absolute Gasteiger partial charge is 0.378 e. The molecule has 0 aromatic carbocycles. The van der Waals surface area contributed by atoms with Gasteiger partial charge in [-0.25, -0.2) is 9.97 Å². The predicted molar refractivity (Wildman–Crippen MR) is 84.2 cm³/mol. The monoisotopic (exact) mass is 316 g/mol. The molecule has 0 atom stereocenters. The Morgan fingerprint density at radius 2 is 2.22 bits per heavy atom. The highest BCUT2D eigenvalue weighted by Crippen LogP contribution is 2.18. The quantitative estimate of drug-likeness (QED) is 0.773. The normalized spacial score (nSPS) is 14.7. The van der Waals surface area contributed by atoms with Crippen LogP contribution in [-0.4, -0.2) is 58.5 Å². The van der Waals surface area contributed by atoms with Crippen LogP contribution in [0, 0.1) is 0 Å². The lowest BCUT2D eigenvalue weighted by atomic mass is 10.2. The molecule has 1 N–H and O–H groups in total. The summed E-state index contributed by atoms with van der Waals surface area (Å²) in [6, 6.07) is 3.60. The summed E-state index contributed by atoms with van der Waals surface area (Å²) in [5.41, 5.74) is 0.607. The Kier molecular flexibility index (Phi) is 5.15. The molecule has 8 heteroatoms. The first-order valence-electron chi connectivity index (χ1n) is 7.73. The van der Waals surface area contributed by atoms with Gasteiger partial charge in [0.25, 0.3) is 5.91 Å². The summed E-state index contributed by atoms with van der Waals surface area (Å²) < 4.78 is 7.10. The van der Waals surface area contributed by atoms with Crippen LogP contribution in [0.15, 0.2) is 31.0 Å². The third-order valence-corrected chi connectivity index (χ3v) is 3.66. The Balaban J connectivity index is 1.56. The van der Waals surface area contributed by atoms with Crippen LogP contribution in [0.25, 0.3) is 0 Å². The van der Waals surface area contributed by atoms with Crippen molar-refractivity contribution >= 4 is 11.7 Å². The van der Waals surface area contributed by atoms with Crippen molar-refractivity contribution in [1.29, 1.82) is 0 Å². The Morgan fingerprint density at radius 3 is 3.00 bits per heavy atom. The lowest BCUT2D eigenvalue weighted by Gasteiger charge is -2.29. The van der Waals surface area contributed by atoms with E-state index < -0.39 is 0 Å². The van der Waals surface area contributed by atoms with Gasteiger partial charge in [0.15, 0.2) is 0 Å². The van der Waals surface area contributed by atoms with Gasteiger partial charge in [0, 0.05) is 32.4 Å². The molecule has 0 unspecified atom stereocenters. The second kappa shape index (κ2) is 7.68. The van der Waals surface area contributed by atoms with E-state index in [1.54, 1.807) is 23.3 Å². The number of nitrogens with zero attached hydrogens (tertiary/aromatic N) is 5. The van der Waals surface area contributed by atoms with Crippen molar-refractivity contribution in [2.75, 3.05) is 37.7 Å². The van der Waals surface area contributed by atoms with Gasteiger partial charge in [0.1, 0.15) is 18.5 Å². The smallest absolute Gasteiger partial charge is 0.255 e. The molecule has 1 fully saturated rings. The van der Waals surface area contributed by atoms with E-state index in [2.05, 4.69) is 25.3 Å². The molecule has 1 saturated heterocycles. The highest BCUT2D eigenvalue weighted by atomic mass is 16.5. The summed E-state index contributed by atoms with van der Waals surface area (Å²) in [6.07, 6.45) is 5.68. The fourth-order valence-electron chi connectivity index (χ4n) is 2.49. The Morgan fingerprint density at radius 1 is 1.35 bits per heavy atom. The van der Waals surface area contributed by atoms with Crippen LogP contribution in [0.3, 0.4) is 0 Å². The molecular weight excluding hydrogens is 296 g/mol. The third kappa shape index (κ3) is 4.04. The molecule has 0 spiro atoms.